The van der Waals surface area contributed by atoms with Crippen LogP contribution in [0.15, 0.2) is 48.5 Å². The monoisotopic (exact) mass is 338 g/mol. The molecule has 25 heavy (non-hydrogen) atoms. The Kier molecular flexibility index (Phi) is 6.55. The van der Waals surface area contributed by atoms with Crippen LogP contribution in [0, 0.1) is 11.3 Å². The first-order valence-electron chi connectivity index (χ1n) is 8.11. The van der Waals surface area contributed by atoms with Crippen molar-refractivity contribution < 1.29 is 14.6 Å². The molecular weight excluding hydrogens is 316 g/mol. The summed E-state index contributed by atoms with van der Waals surface area (Å²) in [5.74, 6) is -0.0845. The molecule has 0 amide bonds. The molecule has 0 bridgehead atoms. The minimum atomic E-state index is -0.823. The molecule has 0 aromatic heterocycles. The molecule has 0 aliphatic heterocycles. The molecule has 5 nitrogen and oxygen atoms in total. The fourth-order valence-corrected chi connectivity index (χ4v) is 2.50. The highest BCUT2D eigenvalue weighted by atomic mass is 16.5. The van der Waals surface area contributed by atoms with E-state index in [9.17, 15) is 4.79 Å². The number of carbonyl (C=O) groups is 1. The number of rotatable bonds is 8. The van der Waals surface area contributed by atoms with Gasteiger partial charge in [-0.05, 0) is 44.2 Å². The van der Waals surface area contributed by atoms with Crippen molar-refractivity contribution in [1.29, 1.82) is 5.26 Å². The summed E-state index contributed by atoms with van der Waals surface area (Å²) >= 11 is 0. The largest absolute Gasteiger partial charge is 0.489 e. The molecule has 0 heterocycles. The molecule has 0 aliphatic carbocycles. The predicted octanol–water partition coefficient (Wildman–Crippen LogP) is 3.08. The maximum atomic E-state index is 10.8. The molecule has 5 heteroatoms. The van der Waals surface area contributed by atoms with Crippen LogP contribution in [0.25, 0.3) is 0 Å². The summed E-state index contributed by atoms with van der Waals surface area (Å²) in [6.45, 7) is 2.38. The molecular formula is C20H22N2O3. The average Bonchev–Trinajstić information content (AvgIpc) is 2.60. The topological polar surface area (TPSA) is 73.6 Å². The van der Waals surface area contributed by atoms with Crippen LogP contribution < -0.4 is 4.74 Å². The van der Waals surface area contributed by atoms with Gasteiger partial charge in [0.25, 0.3) is 0 Å². The number of benzene rings is 2. The van der Waals surface area contributed by atoms with E-state index in [2.05, 4.69) is 6.07 Å². The van der Waals surface area contributed by atoms with E-state index < -0.39 is 5.97 Å². The summed E-state index contributed by atoms with van der Waals surface area (Å²) in [4.78, 5) is 12.6. The number of ether oxygens (including phenoxy) is 1. The second-order valence-electron chi connectivity index (χ2n) is 6.06. The van der Waals surface area contributed by atoms with E-state index in [1.54, 1.807) is 6.07 Å². The zero-order valence-corrected chi connectivity index (χ0v) is 14.5. The number of likely N-dealkylation sites (N-methyl/N-ethyl adjacent to an activating group) is 1. The Morgan fingerprint density at radius 1 is 1.24 bits per heavy atom. The highest BCUT2D eigenvalue weighted by Crippen LogP contribution is 2.17. The molecule has 0 aliphatic rings. The van der Waals surface area contributed by atoms with E-state index in [4.69, 9.17) is 15.1 Å². The molecule has 130 valence electrons. The number of carboxylic acid groups (broad SMARTS) is 1. The van der Waals surface area contributed by atoms with E-state index in [-0.39, 0.29) is 12.6 Å². The molecule has 0 radical (unpaired) electrons. The Balaban J connectivity index is 1.91. The molecule has 2 aromatic rings. The Morgan fingerprint density at radius 3 is 2.56 bits per heavy atom. The van der Waals surface area contributed by atoms with Crippen LogP contribution in [0.2, 0.25) is 0 Å². The third kappa shape index (κ3) is 5.63. The van der Waals surface area contributed by atoms with Gasteiger partial charge in [0, 0.05) is 11.6 Å². The van der Waals surface area contributed by atoms with E-state index in [1.165, 1.54) is 0 Å². The molecule has 0 saturated carbocycles. The third-order valence-electron chi connectivity index (χ3n) is 4.12. The molecule has 0 spiro atoms. The Bertz CT molecular complexity index is 750. The van der Waals surface area contributed by atoms with Crippen LogP contribution in [-0.4, -0.2) is 35.6 Å². The van der Waals surface area contributed by atoms with E-state index >= 15 is 0 Å². The van der Waals surface area contributed by atoms with Crippen molar-refractivity contribution in [2.45, 2.75) is 26.0 Å². The number of nitrogens with zero attached hydrogens (tertiary/aromatic N) is 2. The second kappa shape index (κ2) is 8.86. The van der Waals surface area contributed by atoms with Crippen LogP contribution in [-0.2, 0) is 17.8 Å². The number of nitriles is 1. The number of carboxylic acids is 1. The summed E-state index contributed by atoms with van der Waals surface area (Å²) < 4.78 is 5.76. The van der Waals surface area contributed by atoms with E-state index in [1.807, 2.05) is 61.3 Å². The summed E-state index contributed by atoms with van der Waals surface area (Å²) in [5.41, 5.74) is 2.60. The van der Waals surface area contributed by atoms with Gasteiger partial charge < -0.3 is 9.84 Å². The SMILES string of the molecule is CC(Cc1ccc(OCc2ccccc2C#N)cc1)N(C)CC(=O)O. The Morgan fingerprint density at radius 2 is 1.92 bits per heavy atom. The first kappa shape index (κ1) is 18.5. The lowest BCUT2D eigenvalue weighted by atomic mass is 10.1. The van der Waals surface area contributed by atoms with Crippen LogP contribution in [0.4, 0.5) is 0 Å². The van der Waals surface area contributed by atoms with Crippen LogP contribution in [0.1, 0.15) is 23.6 Å². The Hall–Kier alpha value is -2.84. The zero-order valence-electron chi connectivity index (χ0n) is 14.5. The summed E-state index contributed by atoms with van der Waals surface area (Å²) in [6, 6.07) is 17.4. The highest BCUT2D eigenvalue weighted by Gasteiger charge is 2.13. The molecule has 1 unspecified atom stereocenters. The minimum Gasteiger partial charge on any atom is -0.489 e. The smallest absolute Gasteiger partial charge is 0.317 e. The van der Waals surface area contributed by atoms with Crippen molar-refractivity contribution in [3.63, 3.8) is 0 Å². The van der Waals surface area contributed by atoms with Crippen LogP contribution >= 0.6 is 0 Å². The maximum Gasteiger partial charge on any atom is 0.317 e. The van der Waals surface area contributed by atoms with Gasteiger partial charge in [-0.25, -0.2) is 0 Å². The van der Waals surface area contributed by atoms with E-state index in [0.29, 0.717) is 12.2 Å². The number of hydrogen-bond donors (Lipinski definition) is 1. The lowest BCUT2D eigenvalue weighted by Gasteiger charge is -2.22. The van der Waals surface area contributed by atoms with Gasteiger partial charge in [-0.15, -0.1) is 0 Å². The fraction of sp³-hybridized carbons (Fsp3) is 0.300. The van der Waals surface area contributed by atoms with Crippen molar-refractivity contribution in [2.75, 3.05) is 13.6 Å². The average molecular weight is 338 g/mol. The van der Waals surface area contributed by atoms with Crippen molar-refractivity contribution in [2.24, 2.45) is 0 Å². The molecule has 0 fully saturated rings. The molecule has 1 N–H and O–H groups in total. The van der Waals surface area contributed by atoms with Crippen molar-refractivity contribution >= 4 is 5.97 Å². The van der Waals surface area contributed by atoms with Crippen molar-refractivity contribution in [1.82, 2.24) is 4.90 Å². The third-order valence-corrected chi connectivity index (χ3v) is 4.12. The van der Waals surface area contributed by atoms with Crippen LogP contribution in [0.5, 0.6) is 5.75 Å². The summed E-state index contributed by atoms with van der Waals surface area (Å²) in [7, 11) is 1.81. The van der Waals surface area contributed by atoms with Gasteiger partial charge in [-0.2, -0.15) is 5.26 Å². The Labute approximate surface area is 148 Å². The number of hydrogen-bond acceptors (Lipinski definition) is 4. The van der Waals surface area contributed by atoms with E-state index in [0.717, 1.165) is 23.3 Å². The molecule has 2 rings (SSSR count). The van der Waals surface area contributed by atoms with Gasteiger partial charge in [-0.1, -0.05) is 30.3 Å². The summed E-state index contributed by atoms with van der Waals surface area (Å²) in [6.07, 6.45) is 0.765. The highest BCUT2D eigenvalue weighted by molar-refractivity contribution is 5.69. The van der Waals surface area contributed by atoms with Gasteiger partial charge in [0.1, 0.15) is 12.4 Å². The lowest BCUT2D eigenvalue weighted by Crippen LogP contribution is -2.35. The van der Waals surface area contributed by atoms with Crippen LogP contribution in [0.3, 0.4) is 0 Å². The van der Waals surface area contributed by atoms with Gasteiger partial charge in [0.2, 0.25) is 0 Å². The summed E-state index contributed by atoms with van der Waals surface area (Å²) in [5, 5.41) is 17.9. The van der Waals surface area contributed by atoms with Gasteiger partial charge in [0.05, 0.1) is 18.2 Å². The first-order chi connectivity index (χ1) is 12.0. The number of aliphatic carboxylic acids is 1. The van der Waals surface area contributed by atoms with Crippen molar-refractivity contribution in [3.8, 4) is 11.8 Å². The second-order valence-corrected chi connectivity index (χ2v) is 6.06. The quantitative estimate of drug-likeness (QED) is 0.801. The molecule has 0 saturated heterocycles. The minimum absolute atomic E-state index is 0.0284. The van der Waals surface area contributed by atoms with Gasteiger partial charge in [0.15, 0.2) is 0 Å². The van der Waals surface area contributed by atoms with Crippen molar-refractivity contribution in [3.05, 3.63) is 65.2 Å². The fourth-order valence-electron chi connectivity index (χ4n) is 2.50. The predicted molar refractivity (Wildman–Crippen MR) is 95.4 cm³/mol. The first-order valence-corrected chi connectivity index (χ1v) is 8.11. The van der Waals surface area contributed by atoms with Gasteiger partial charge in [-0.3, -0.25) is 9.69 Å². The molecule has 2 aromatic carbocycles. The van der Waals surface area contributed by atoms with Gasteiger partial charge >= 0.3 is 5.97 Å². The lowest BCUT2D eigenvalue weighted by molar-refractivity contribution is -0.138. The zero-order chi connectivity index (χ0) is 18.2. The normalized spacial score (nSPS) is 11.8. The standard InChI is InChI=1S/C20H22N2O3/c1-15(22(2)13-20(23)24)11-16-7-9-19(10-8-16)25-14-18-6-4-3-5-17(18)12-21/h3-10,15H,11,13-14H2,1-2H3,(H,23,24). The molecule has 1 atom stereocenters. The maximum absolute atomic E-state index is 10.8.